The van der Waals surface area contributed by atoms with Gasteiger partial charge in [0.1, 0.15) is 5.75 Å². The molecule has 0 spiro atoms. The number of carbonyl (C=O) groups is 1. The molecule has 8 nitrogen and oxygen atoms in total. The summed E-state index contributed by atoms with van der Waals surface area (Å²) in [6, 6.07) is 19.6. The van der Waals surface area contributed by atoms with Gasteiger partial charge >= 0.3 is 6.03 Å². The molecule has 0 aliphatic heterocycles. The first-order valence-corrected chi connectivity index (χ1v) is 10.3. The minimum atomic E-state index is -0.398. The van der Waals surface area contributed by atoms with Crippen molar-refractivity contribution in [3.8, 4) is 5.75 Å². The van der Waals surface area contributed by atoms with E-state index in [0.29, 0.717) is 34.5 Å². The van der Waals surface area contributed by atoms with Crippen molar-refractivity contribution in [1.29, 1.82) is 0 Å². The van der Waals surface area contributed by atoms with Crippen molar-refractivity contribution in [2.45, 2.75) is 20.0 Å². The minimum absolute atomic E-state index is 0.144. The van der Waals surface area contributed by atoms with Gasteiger partial charge < -0.3 is 15.4 Å². The van der Waals surface area contributed by atoms with Crippen LogP contribution in [0.1, 0.15) is 18.3 Å². The highest BCUT2D eigenvalue weighted by molar-refractivity contribution is 5.91. The van der Waals surface area contributed by atoms with Crippen LogP contribution in [0.4, 0.5) is 10.5 Å². The summed E-state index contributed by atoms with van der Waals surface area (Å²) in [5.74, 6) is 0.595. The molecule has 0 unspecified atom stereocenters. The van der Waals surface area contributed by atoms with Crippen LogP contribution in [0, 0.1) is 0 Å². The van der Waals surface area contributed by atoms with Gasteiger partial charge in [0.25, 0.3) is 5.56 Å². The molecule has 162 valence electrons. The van der Waals surface area contributed by atoms with E-state index in [1.807, 2.05) is 55.5 Å². The number of urea groups is 1. The molecular formula is C24H23N5O3. The SMILES string of the molecule is CCOc1ccccc1NC(=O)NCc1nn(Cc2ccccn2)c(=O)c2ccccc12. The van der Waals surface area contributed by atoms with Gasteiger partial charge in [-0.15, -0.1) is 0 Å². The lowest BCUT2D eigenvalue weighted by Gasteiger charge is -2.13. The summed E-state index contributed by atoms with van der Waals surface area (Å²) >= 11 is 0. The number of ether oxygens (including phenoxy) is 1. The number of amides is 2. The predicted octanol–water partition coefficient (Wildman–Crippen LogP) is 3.56. The van der Waals surface area contributed by atoms with Crippen molar-refractivity contribution >= 4 is 22.5 Å². The van der Waals surface area contributed by atoms with Crippen LogP contribution in [-0.2, 0) is 13.1 Å². The molecule has 2 aromatic carbocycles. The fourth-order valence-corrected chi connectivity index (χ4v) is 3.37. The highest BCUT2D eigenvalue weighted by Gasteiger charge is 2.13. The smallest absolute Gasteiger partial charge is 0.319 e. The quantitative estimate of drug-likeness (QED) is 0.468. The lowest BCUT2D eigenvalue weighted by Crippen LogP contribution is -2.31. The van der Waals surface area contributed by atoms with E-state index in [1.54, 1.807) is 24.4 Å². The molecule has 2 aromatic heterocycles. The van der Waals surface area contributed by atoms with Crippen LogP contribution in [0.15, 0.2) is 77.7 Å². The zero-order valence-corrected chi connectivity index (χ0v) is 17.6. The number of fused-ring (bicyclic) bond motifs is 1. The molecule has 0 atom stereocenters. The number of hydrogen-bond acceptors (Lipinski definition) is 5. The number of carbonyl (C=O) groups excluding carboxylic acids is 1. The fourth-order valence-electron chi connectivity index (χ4n) is 3.37. The molecule has 0 aliphatic rings. The van der Waals surface area contributed by atoms with E-state index in [4.69, 9.17) is 4.74 Å². The molecule has 0 bridgehead atoms. The van der Waals surface area contributed by atoms with Crippen LogP contribution in [0.2, 0.25) is 0 Å². The summed E-state index contributed by atoms with van der Waals surface area (Å²) in [5.41, 5.74) is 1.68. The standard InChI is InChI=1S/C24H23N5O3/c1-2-32-22-13-6-5-12-20(22)27-24(31)26-15-21-18-10-3-4-11-19(18)23(30)29(28-21)16-17-9-7-8-14-25-17/h3-14H,2,15-16H2,1H3,(H2,26,27,31). The largest absolute Gasteiger partial charge is 0.492 e. The number of nitrogens with zero attached hydrogens (tertiary/aromatic N) is 3. The van der Waals surface area contributed by atoms with Crippen molar-refractivity contribution in [1.82, 2.24) is 20.1 Å². The summed E-state index contributed by atoms with van der Waals surface area (Å²) in [4.78, 5) is 29.7. The Balaban J connectivity index is 1.57. The van der Waals surface area contributed by atoms with Gasteiger partial charge in [-0.25, -0.2) is 9.48 Å². The lowest BCUT2D eigenvalue weighted by molar-refractivity contribution is 0.251. The molecule has 0 radical (unpaired) electrons. The van der Waals surface area contributed by atoms with Crippen molar-refractivity contribution < 1.29 is 9.53 Å². The number of rotatable bonds is 7. The van der Waals surface area contributed by atoms with Gasteiger partial charge in [-0.1, -0.05) is 36.4 Å². The Kier molecular flexibility index (Phi) is 6.41. The van der Waals surface area contributed by atoms with E-state index in [1.165, 1.54) is 4.68 Å². The second-order valence-electron chi connectivity index (χ2n) is 7.01. The summed E-state index contributed by atoms with van der Waals surface area (Å²) in [6.45, 7) is 2.76. The average Bonchev–Trinajstić information content (AvgIpc) is 2.82. The fraction of sp³-hybridized carbons (Fsp3) is 0.167. The lowest BCUT2D eigenvalue weighted by atomic mass is 10.1. The van der Waals surface area contributed by atoms with Gasteiger partial charge in [0.05, 0.1) is 42.2 Å². The highest BCUT2D eigenvalue weighted by atomic mass is 16.5. The molecule has 8 heteroatoms. The summed E-state index contributed by atoms with van der Waals surface area (Å²) in [7, 11) is 0. The van der Waals surface area contributed by atoms with Crippen LogP contribution in [0.5, 0.6) is 5.75 Å². The molecular weight excluding hydrogens is 406 g/mol. The number of pyridine rings is 1. The Hall–Kier alpha value is -4.20. The molecule has 0 aliphatic carbocycles. The first-order chi connectivity index (χ1) is 15.7. The third-order valence-corrected chi connectivity index (χ3v) is 4.83. The van der Waals surface area contributed by atoms with Crippen molar-refractivity contribution in [3.05, 3.63) is 94.7 Å². The van der Waals surface area contributed by atoms with E-state index in [9.17, 15) is 9.59 Å². The number of aromatic nitrogens is 3. The molecule has 2 heterocycles. The molecule has 4 aromatic rings. The Morgan fingerprint density at radius 3 is 2.53 bits per heavy atom. The number of hydrogen-bond donors (Lipinski definition) is 2. The average molecular weight is 429 g/mol. The van der Waals surface area contributed by atoms with Gasteiger partial charge in [0, 0.05) is 11.6 Å². The molecule has 4 rings (SSSR count). The first kappa shape index (κ1) is 21.0. The zero-order chi connectivity index (χ0) is 22.3. The third-order valence-electron chi connectivity index (χ3n) is 4.83. The monoisotopic (exact) mass is 429 g/mol. The molecule has 2 N–H and O–H groups in total. The van der Waals surface area contributed by atoms with E-state index in [2.05, 4.69) is 20.7 Å². The van der Waals surface area contributed by atoms with E-state index in [-0.39, 0.29) is 18.6 Å². The van der Waals surface area contributed by atoms with Crippen LogP contribution < -0.4 is 20.9 Å². The topological polar surface area (TPSA) is 98.1 Å². The van der Waals surface area contributed by atoms with Gasteiger partial charge in [-0.2, -0.15) is 5.10 Å². The van der Waals surface area contributed by atoms with Gasteiger partial charge in [-0.3, -0.25) is 9.78 Å². The third kappa shape index (κ3) is 4.75. The Bertz CT molecular complexity index is 1290. The second kappa shape index (κ2) is 9.74. The predicted molar refractivity (Wildman–Crippen MR) is 123 cm³/mol. The summed E-state index contributed by atoms with van der Waals surface area (Å²) in [5, 5.41) is 11.4. The Morgan fingerprint density at radius 2 is 1.75 bits per heavy atom. The second-order valence-corrected chi connectivity index (χ2v) is 7.01. The van der Waals surface area contributed by atoms with E-state index in [0.717, 1.165) is 5.69 Å². The molecule has 0 saturated heterocycles. The van der Waals surface area contributed by atoms with E-state index < -0.39 is 6.03 Å². The van der Waals surface area contributed by atoms with Crippen LogP contribution in [0.25, 0.3) is 10.8 Å². The summed E-state index contributed by atoms with van der Waals surface area (Å²) < 4.78 is 6.92. The van der Waals surface area contributed by atoms with Crippen LogP contribution >= 0.6 is 0 Å². The van der Waals surface area contributed by atoms with Gasteiger partial charge in [0.2, 0.25) is 0 Å². The van der Waals surface area contributed by atoms with E-state index >= 15 is 0 Å². The van der Waals surface area contributed by atoms with Crippen molar-refractivity contribution in [2.24, 2.45) is 0 Å². The molecule has 32 heavy (non-hydrogen) atoms. The van der Waals surface area contributed by atoms with Gasteiger partial charge in [-0.05, 0) is 37.3 Å². The number of benzene rings is 2. The summed E-state index contributed by atoms with van der Waals surface area (Å²) in [6.07, 6.45) is 1.67. The minimum Gasteiger partial charge on any atom is -0.492 e. The highest BCUT2D eigenvalue weighted by Crippen LogP contribution is 2.23. The van der Waals surface area contributed by atoms with Crippen LogP contribution in [-0.4, -0.2) is 27.4 Å². The number of anilines is 1. The molecule has 0 fully saturated rings. The number of nitrogens with one attached hydrogen (secondary N) is 2. The Labute approximate surface area is 184 Å². The number of para-hydroxylation sites is 2. The maximum Gasteiger partial charge on any atom is 0.319 e. The van der Waals surface area contributed by atoms with Gasteiger partial charge in [0.15, 0.2) is 0 Å². The maximum absolute atomic E-state index is 12.9. The van der Waals surface area contributed by atoms with Crippen LogP contribution in [0.3, 0.4) is 0 Å². The first-order valence-electron chi connectivity index (χ1n) is 10.3. The zero-order valence-electron chi connectivity index (χ0n) is 17.6. The van der Waals surface area contributed by atoms with Crippen molar-refractivity contribution in [2.75, 3.05) is 11.9 Å². The maximum atomic E-state index is 12.9. The Morgan fingerprint density at radius 1 is 1.00 bits per heavy atom. The molecule has 0 saturated carbocycles. The molecule has 2 amide bonds. The normalized spacial score (nSPS) is 10.7. The van der Waals surface area contributed by atoms with Crippen molar-refractivity contribution in [3.63, 3.8) is 0 Å².